The number of pyridine rings is 1. The van der Waals surface area contributed by atoms with E-state index in [1.165, 1.54) is 0 Å². The lowest BCUT2D eigenvalue weighted by Gasteiger charge is -2.29. The molecule has 2 aromatic rings. The van der Waals surface area contributed by atoms with Crippen molar-refractivity contribution >= 4 is 11.6 Å². The Bertz CT molecular complexity index is 785. The van der Waals surface area contributed by atoms with E-state index < -0.39 is 0 Å². The van der Waals surface area contributed by atoms with E-state index in [4.69, 9.17) is 10.00 Å². The summed E-state index contributed by atoms with van der Waals surface area (Å²) in [5, 5.41) is 15.1. The van der Waals surface area contributed by atoms with E-state index in [9.17, 15) is 4.79 Å². The van der Waals surface area contributed by atoms with Gasteiger partial charge in [0.2, 0.25) is 0 Å². The van der Waals surface area contributed by atoms with Crippen LogP contribution in [0.4, 0.5) is 5.69 Å². The van der Waals surface area contributed by atoms with Crippen molar-refractivity contribution in [2.24, 2.45) is 0 Å². The summed E-state index contributed by atoms with van der Waals surface area (Å²) in [6.07, 6.45) is 3.09. The lowest BCUT2D eigenvalue weighted by Crippen LogP contribution is -2.39. The Kier molecular flexibility index (Phi) is 4.85. The van der Waals surface area contributed by atoms with Crippen LogP contribution in [0.1, 0.15) is 34.5 Å². The van der Waals surface area contributed by atoms with Gasteiger partial charge in [0.25, 0.3) is 5.91 Å². The standard InChI is InChI=1S/C18H18N4O2/c1-12-9-21-11-17(24-12)15-5-6-20-10-16(15)18(23)22-14-4-2-3-13(7-14)8-19/h2-7,10,12,17,21H,9,11H2,1H3,(H,22,23). The van der Waals surface area contributed by atoms with Gasteiger partial charge in [0, 0.05) is 31.2 Å². The molecular weight excluding hydrogens is 304 g/mol. The predicted molar refractivity (Wildman–Crippen MR) is 89.5 cm³/mol. The number of hydrogen-bond acceptors (Lipinski definition) is 5. The zero-order chi connectivity index (χ0) is 16.9. The molecule has 6 nitrogen and oxygen atoms in total. The zero-order valence-electron chi connectivity index (χ0n) is 13.3. The highest BCUT2D eigenvalue weighted by Crippen LogP contribution is 2.25. The first-order valence-corrected chi connectivity index (χ1v) is 7.79. The minimum atomic E-state index is -0.269. The highest BCUT2D eigenvalue weighted by atomic mass is 16.5. The first kappa shape index (κ1) is 16.1. The fourth-order valence-electron chi connectivity index (χ4n) is 2.72. The summed E-state index contributed by atoms with van der Waals surface area (Å²) in [7, 11) is 0. The molecule has 0 spiro atoms. The fraction of sp³-hybridized carbons (Fsp3) is 0.278. The van der Waals surface area contributed by atoms with Crippen LogP contribution < -0.4 is 10.6 Å². The molecule has 1 saturated heterocycles. The molecule has 0 saturated carbocycles. The third-order valence-electron chi connectivity index (χ3n) is 3.85. The number of nitrogens with zero attached hydrogens (tertiary/aromatic N) is 2. The summed E-state index contributed by atoms with van der Waals surface area (Å²) in [6.45, 7) is 3.44. The number of hydrogen-bond donors (Lipinski definition) is 2. The number of carbonyl (C=O) groups is 1. The van der Waals surface area contributed by atoms with Crippen LogP contribution in [0.5, 0.6) is 0 Å². The second kappa shape index (κ2) is 7.21. The van der Waals surface area contributed by atoms with E-state index in [0.29, 0.717) is 23.4 Å². The number of nitrogens with one attached hydrogen (secondary N) is 2. The Balaban J connectivity index is 1.83. The maximum Gasteiger partial charge on any atom is 0.257 e. The van der Waals surface area contributed by atoms with Gasteiger partial charge in [-0.3, -0.25) is 9.78 Å². The van der Waals surface area contributed by atoms with Crippen LogP contribution >= 0.6 is 0 Å². The molecule has 1 aliphatic heterocycles. The van der Waals surface area contributed by atoms with Gasteiger partial charge in [0.05, 0.1) is 29.4 Å². The first-order chi connectivity index (χ1) is 11.7. The molecule has 1 aromatic heterocycles. The molecule has 1 fully saturated rings. The molecule has 1 aromatic carbocycles. The molecule has 2 unspecified atom stereocenters. The first-order valence-electron chi connectivity index (χ1n) is 7.79. The molecule has 24 heavy (non-hydrogen) atoms. The average Bonchev–Trinajstić information content (AvgIpc) is 2.62. The Morgan fingerprint density at radius 1 is 1.42 bits per heavy atom. The summed E-state index contributed by atoms with van der Waals surface area (Å²) in [5.41, 5.74) is 2.34. The van der Waals surface area contributed by atoms with Crippen molar-refractivity contribution in [1.29, 1.82) is 5.26 Å². The van der Waals surface area contributed by atoms with Crippen molar-refractivity contribution in [3.63, 3.8) is 0 Å². The van der Waals surface area contributed by atoms with Crippen molar-refractivity contribution < 1.29 is 9.53 Å². The van der Waals surface area contributed by atoms with Crippen LogP contribution in [-0.4, -0.2) is 30.1 Å². The van der Waals surface area contributed by atoms with E-state index in [-0.39, 0.29) is 18.1 Å². The van der Waals surface area contributed by atoms with E-state index in [1.807, 2.05) is 13.0 Å². The van der Waals surface area contributed by atoms with E-state index >= 15 is 0 Å². The average molecular weight is 322 g/mol. The third kappa shape index (κ3) is 3.59. The van der Waals surface area contributed by atoms with Gasteiger partial charge < -0.3 is 15.4 Å². The van der Waals surface area contributed by atoms with Crippen LogP contribution in [-0.2, 0) is 4.74 Å². The number of ether oxygens (including phenoxy) is 1. The van der Waals surface area contributed by atoms with Gasteiger partial charge in [-0.15, -0.1) is 0 Å². The van der Waals surface area contributed by atoms with Crippen molar-refractivity contribution in [2.75, 3.05) is 18.4 Å². The Morgan fingerprint density at radius 2 is 2.29 bits per heavy atom. The topological polar surface area (TPSA) is 87.0 Å². The van der Waals surface area contributed by atoms with Crippen molar-refractivity contribution in [1.82, 2.24) is 10.3 Å². The number of anilines is 1. The van der Waals surface area contributed by atoms with Crippen LogP contribution in [0.25, 0.3) is 0 Å². The van der Waals surface area contributed by atoms with E-state index in [0.717, 1.165) is 12.1 Å². The molecule has 3 rings (SSSR count). The van der Waals surface area contributed by atoms with E-state index in [1.54, 1.807) is 36.7 Å². The Hall–Kier alpha value is -2.75. The smallest absolute Gasteiger partial charge is 0.257 e. The molecule has 2 atom stereocenters. The summed E-state index contributed by atoms with van der Waals surface area (Å²) >= 11 is 0. The number of aromatic nitrogens is 1. The van der Waals surface area contributed by atoms with Gasteiger partial charge in [-0.2, -0.15) is 5.26 Å². The predicted octanol–water partition coefficient (Wildman–Crippen LogP) is 2.25. The highest BCUT2D eigenvalue weighted by molar-refractivity contribution is 6.05. The number of benzene rings is 1. The molecule has 2 heterocycles. The maximum absolute atomic E-state index is 12.6. The lowest BCUT2D eigenvalue weighted by molar-refractivity contribution is -0.0290. The molecule has 2 N–H and O–H groups in total. The van der Waals surface area contributed by atoms with Gasteiger partial charge in [-0.25, -0.2) is 0 Å². The number of rotatable bonds is 3. The molecule has 0 aliphatic carbocycles. The maximum atomic E-state index is 12.6. The molecule has 6 heteroatoms. The molecule has 0 radical (unpaired) electrons. The molecule has 1 amide bonds. The van der Waals surface area contributed by atoms with Crippen LogP contribution in [0.15, 0.2) is 42.7 Å². The van der Waals surface area contributed by atoms with Crippen LogP contribution in [0.3, 0.4) is 0 Å². The van der Waals surface area contributed by atoms with Crippen molar-refractivity contribution in [3.05, 3.63) is 59.4 Å². The Labute approximate surface area is 140 Å². The van der Waals surface area contributed by atoms with Gasteiger partial charge in [0.15, 0.2) is 0 Å². The lowest BCUT2D eigenvalue weighted by atomic mass is 10.0. The second-order valence-electron chi connectivity index (χ2n) is 5.70. The van der Waals surface area contributed by atoms with E-state index in [2.05, 4.69) is 21.7 Å². The van der Waals surface area contributed by atoms with Crippen LogP contribution in [0.2, 0.25) is 0 Å². The minimum absolute atomic E-state index is 0.0835. The highest BCUT2D eigenvalue weighted by Gasteiger charge is 2.25. The van der Waals surface area contributed by atoms with Gasteiger partial charge in [-0.1, -0.05) is 6.07 Å². The molecule has 122 valence electrons. The number of morpholine rings is 1. The third-order valence-corrected chi connectivity index (χ3v) is 3.85. The summed E-state index contributed by atoms with van der Waals surface area (Å²) in [5.74, 6) is -0.269. The molecule has 0 bridgehead atoms. The van der Waals surface area contributed by atoms with Crippen molar-refractivity contribution in [2.45, 2.75) is 19.1 Å². The van der Waals surface area contributed by atoms with Crippen LogP contribution in [0, 0.1) is 11.3 Å². The second-order valence-corrected chi connectivity index (χ2v) is 5.70. The molecule has 1 aliphatic rings. The monoisotopic (exact) mass is 322 g/mol. The number of carbonyl (C=O) groups excluding carboxylic acids is 1. The largest absolute Gasteiger partial charge is 0.368 e. The fourth-order valence-corrected chi connectivity index (χ4v) is 2.72. The Morgan fingerprint density at radius 3 is 3.08 bits per heavy atom. The molecular formula is C18H18N4O2. The summed E-state index contributed by atoms with van der Waals surface area (Å²) in [4.78, 5) is 16.7. The number of nitriles is 1. The van der Waals surface area contributed by atoms with Gasteiger partial charge in [0.1, 0.15) is 0 Å². The summed E-state index contributed by atoms with van der Waals surface area (Å²) < 4.78 is 5.94. The SMILES string of the molecule is CC1CNCC(c2ccncc2C(=O)Nc2cccc(C#N)c2)O1. The summed E-state index contributed by atoms with van der Waals surface area (Å²) in [6, 6.07) is 10.7. The van der Waals surface area contributed by atoms with Gasteiger partial charge >= 0.3 is 0 Å². The van der Waals surface area contributed by atoms with Crippen molar-refractivity contribution in [3.8, 4) is 6.07 Å². The van der Waals surface area contributed by atoms with Gasteiger partial charge in [-0.05, 0) is 36.8 Å². The minimum Gasteiger partial charge on any atom is -0.368 e. The zero-order valence-corrected chi connectivity index (χ0v) is 13.3. The quantitative estimate of drug-likeness (QED) is 0.905. The number of amides is 1. The normalized spacial score (nSPS) is 20.2.